The first-order valence-electron chi connectivity index (χ1n) is 14.1. The van der Waals surface area contributed by atoms with Gasteiger partial charge in [-0.2, -0.15) is 0 Å². The van der Waals surface area contributed by atoms with Gasteiger partial charge in [0.05, 0.1) is 57.9 Å². The van der Waals surface area contributed by atoms with Gasteiger partial charge in [0.25, 0.3) is 5.09 Å². The minimum Gasteiger partial charge on any atom is -0.497 e. The molecule has 14 nitrogen and oxygen atoms in total. The van der Waals surface area contributed by atoms with Crippen LogP contribution >= 0.6 is 0 Å². The summed E-state index contributed by atoms with van der Waals surface area (Å²) < 4.78 is 28.8. The quantitative estimate of drug-likeness (QED) is 0.174. The fraction of sp³-hybridized carbons (Fsp3) is 0.552. The zero-order chi connectivity index (χ0) is 30.8. The number of anilines is 1. The Balaban J connectivity index is 1.55. The number of piperidine rings is 1. The number of ether oxygens (including phenoxy) is 5. The van der Waals surface area contributed by atoms with Gasteiger partial charge >= 0.3 is 6.09 Å². The van der Waals surface area contributed by atoms with E-state index in [9.17, 15) is 25.1 Å². The fourth-order valence-electron chi connectivity index (χ4n) is 5.37. The number of nitrogens with zero attached hydrogens (tertiary/aromatic N) is 3. The third-order valence-electron chi connectivity index (χ3n) is 7.47. The highest BCUT2D eigenvalue weighted by Crippen LogP contribution is 2.36. The van der Waals surface area contributed by atoms with Crippen molar-refractivity contribution >= 4 is 11.8 Å². The Morgan fingerprint density at radius 1 is 1.12 bits per heavy atom. The minimum absolute atomic E-state index is 0.0152. The van der Waals surface area contributed by atoms with Crippen molar-refractivity contribution in [3.05, 3.63) is 63.7 Å². The van der Waals surface area contributed by atoms with Gasteiger partial charge < -0.3 is 48.5 Å². The normalized spacial score (nSPS) is 20.6. The van der Waals surface area contributed by atoms with Crippen molar-refractivity contribution in [3.8, 4) is 11.5 Å². The lowest BCUT2D eigenvalue weighted by molar-refractivity contribution is -0.759. The second kappa shape index (κ2) is 15.6. The molecular formula is C29H39N3O11. The van der Waals surface area contributed by atoms with Gasteiger partial charge in [0.15, 0.2) is 0 Å². The average Bonchev–Trinajstić information content (AvgIpc) is 3.01. The predicted molar refractivity (Wildman–Crippen MR) is 153 cm³/mol. The van der Waals surface area contributed by atoms with Crippen LogP contribution in [0.4, 0.5) is 10.5 Å². The molecule has 4 atom stereocenters. The maximum atomic E-state index is 12.1. The molecule has 0 spiro atoms. The smallest absolute Gasteiger partial charge is 0.407 e. The van der Waals surface area contributed by atoms with Crippen LogP contribution in [-0.4, -0.2) is 111 Å². The molecule has 0 aromatic heterocycles. The Hall–Kier alpha value is -3.85. The lowest BCUT2D eigenvalue weighted by Gasteiger charge is -2.43. The van der Waals surface area contributed by atoms with E-state index in [1.54, 1.807) is 26.4 Å². The average molecular weight is 606 g/mol. The van der Waals surface area contributed by atoms with E-state index in [2.05, 4.69) is 9.74 Å². The van der Waals surface area contributed by atoms with Gasteiger partial charge in [-0.05, 0) is 41.8 Å². The van der Waals surface area contributed by atoms with E-state index in [1.165, 1.54) is 4.90 Å². The lowest BCUT2D eigenvalue weighted by atomic mass is 9.84. The van der Waals surface area contributed by atoms with Crippen molar-refractivity contribution in [2.75, 3.05) is 71.7 Å². The summed E-state index contributed by atoms with van der Waals surface area (Å²) >= 11 is 0. The number of aliphatic hydroxyl groups is 1. The van der Waals surface area contributed by atoms with E-state index in [1.807, 2.05) is 30.3 Å². The number of rotatable bonds is 15. The van der Waals surface area contributed by atoms with Gasteiger partial charge in [-0.1, -0.05) is 18.2 Å². The molecule has 0 radical (unpaired) electrons. The Morgan fingerprint density at radius 3 is 2.53 bits per heavy atom. The molecule has 1 saturated heterocycles. The van der Waals surface area contributed by atoms with Crippen LogP contribution in [0.15, 0.2) is 42.5 Å². The molecule has 0 bridgehead atoms. The molecule has 14 heteroatoms. The van der Waals surface area contributed by atoms with Crippen molar-refractivity contribution in [1.82, 2.24) is 4.90 Å². The van der Waals surface area contributed by atoms with Crippen LogP contribution in [0.3, 0.4) is 0 Å². The van der Waals surface area contributed by atoms with E-state index in [0.717, 1.165) is 42.1 Å². The number of hydrogen-bond donors (Lipinski definition) is 2. The summed E-state index contributed by atoms with van der Waals surface area (Å²) in [4.78, 5) is 30.3. The van der Waals surface area contributed by atoms with E-state index in [0.29, 0.717) is 19.0 Å². The fourth-order valence-corrected chi connectivity index (χ4v) is 5.37. The van der Waals surface area contributed by atoms with Crippen molar-refractivity contribution in [2.45, 2.75) is 37.3 Å². The zero-order valence-corrected chi connectivity index (χ0v) is 24.3. The molecule has 2 aromatic carbocycles. The Bertz CT molecular complexity index is 1200. The van der Waals surface area contributed by atoms with Crippen LogP contribution in [0.25, 0.3) is 0 Å². The zero-order valence-electron chi connectivity index (χ0n) is 24.3. The van der Waals surface area contributed by atoms with E-state index in [-0.39, 0.29) is 26.3 Å². The van der Waals surface area contributed by atoms with Crippen LogP contribution in [0.5, 0.6) is 11.5 Å². The summed E-state index contributed by atoms with van der Waals surface area (Å²) in [7, 11) is 3.25. The highest BCUT2D eigenvalue weighted by molar-refractivity contribution is 5.65. The molecule has 2 aromatic rings. The summed E-state index contributed by atoms with van der Waals surface area (Å²) in [5.41, 5.74) is 2.70. The molecule has 1 fully saturated rings. The molecular weight excluding hydrogens is 566 g/mol. The summed E-state index contributed by atoms with van der Waals surface area (Å²) in [6.45, 7) is 2.28. The second-order valence-corrected chi connectivity index (χ2v) is 10.4. The maximum Gasteiger partial charge on any atom is 0.407 e. The van der Waals surface area contributed by atoms with Gasteiger partial charge in [0.1, 0.15) is 30.8 Å². The third kappa shape index (κ3) is 8.83. The van der Waals surface area contributed by atoms with Crippen LogP contribution in [0.2, 0.25) is 0 Å². The van der Waals surface area contributed by atoms with Gasteiger partial charge in [-0.15, -0.1) is 10.1 Å². The highest BCUT2D eigenvalue weighted by Gasteiger charge is 2.41. The van der Waals surface area contributed by atoms with E-state index < -0.39 is 42.0 Å². The molecule has 2 heterocycles. The number of carboxylic acid groups (broad SMARTS) is 1. The van der Waals surface area contributed by atoms with E-state index >= 15 is 0 Å². The molecule has 1 amide bonds. The highest BCUT2D eigenvalue weighted by atomic mass is 17.0. The number of hydrogen-bond acceptors (Lipinski definition) is 11. The van der Waals surface area contributed by atoms with Crippen LogP contribution in [-0.2, 0) is 25.7 Å². The number of aliphatic hydroxyl groups excluding tert-OH is 1. The summed E-state index contributed by atoms with van der Waals surface area (Å²) in [5.74, 6) is 1.03. The van der Waals surface area contributed by atoms with Crippen molar-refractivity contribution in [1.29, 1.82) is 0 Å². The molecule has 0 saturated carbocycles. The van der Waals surface area contributed by atoms with Crippen molar-refractivity contribution < 1.29 is 48.6 Å². The van der Waals surface area contributed by atoms with Gasteiger partial charge in [-0.25, -0.2) is 4.79 Å². The second-order valence-electron chi connectivity index (χ2n) is 10.4. The number of amides is 1. The first-order valence-corrected chi connectivity index (χ1v) is 14.1. The molecule has 2 aliphatic rings. The monoisotopic (exact) mass is 605 g/mol. The van der Waals surface area contributed by atoms with Gasteiger partial charge in [0, 0.05) is 26.2 Å². The lowest BCUT2D eigenvalue weighted by Crippen LogP contribution is -2.54. The molecule has 2 N–H and O–H groups in total. The summed E-state index contributed by atoms with van der Waals surface area (Å²) in [5, 5.41) is 29.6. The summed E-state index contributed by atoms with van der Waals surface area (Å²) in [6, 6.07) is 13.2. The minimum atomic E-state index is -1.29. The van der Waals surface area contributed by atoms with Crippen molar-refractivity contribution in [3.63, 3.8) is 0 Å². The number of methoxy groups -OCH3 is 2. The molecule has 43 heavy (non-hydrogen) atoms. The SMILES string of the molecule is COCCCN1CCOc2ccc(CO[C@H]3CN(C(=O)O)C[C@@H](OCC(O)CO[N+](=O)[O-])[C@@H]3c3ccc(OC)cc3)cc21. The van der Waals surface area contributed by atoms with Crippen LogP contribution < -0.4 is 14.4 Å². The Morgan fingerprint density at radius 2 is 1.86 bits per heavy atom. The number of likely N-dealkylation sites (tertiary alicyclic amines) is 1. The molecule has 4 rings (SSSR count). The first kappa shape index (κ1) is 32.1. The van der Waals surface area contributed by atoms with Crippen LogP contribution in [0.1, 0.15) is 23.5 Å². The molecule has 0 aliphatic carbocycles. The number of benzene rings is 2. The largest absolute Gasteiger partial charge is 0.497 e. The number of fused-ring (bicyclic) bond motifs is 1. The number of carbonyl (C=O) groups is 1. The van der Waals surface area contributed by atoms with E-state index in [4.69, 9.17) is 23.7 Å². The maximum absolute atomic E-state index is 12.1. The Labute approximate surface area is 249 Å². The molecule has 2 aliphatic heterocycles. The van der Waals surface area contributed by atoms with Gasteiger partial charge in [0.2, 0.25) is 0 Å². The van der Waals surface area contributed by atoms with Crippen molar-refractivity contribution in [2.24, 2.45) is 0 Å². The van der Waals surface area contributed by atoms with Gasteiger partial charge in [-0.3, -0.25) is 0 Å². The summed E-state index contributed by atoms with van der Waals surface area (Å²) in [6.07, 6.45) is -2.87. The predicted octanol–water partition coefficient (Wildman–Crippen LogP) is 2.55. The molecule has 236 valence electrons. The first-order chi connectivity index (χ1) is 20.8. The topological polar surface area (TPSA) is 163 Å². The molecule has 1 unspecified atom stereocenters. The third-order valence-corrected chi connectivity index (χ3v) is 7.47. The van der Waals surface area contributed by atoms with Crippen LogP contribution in [0, 0.1) is 10.1 Å². The Kier molecular flexibility index (Phi) is 11.6. The standard InChI is InChI=1S/C29H39N3O11/c1-38-12-3-10-30-11-13-40-25-9-4-20(14-24(25)30)17-41-26-15-31(29(34)35)16-27(42-18-22(33)19-43-32(36)37)28(26)21-5-7-23(39-2)8-6-21/h4-9,14,22,26-28,33H,3,10-13,15-19H2,1-2H3,(H,34,35)/t22?,26-,27+,28+/m0/s1.